The molecule has 0 aliphatic carbocycles. The summed E-state index contributed by atoms with van der Waals surface area (Å²) in [5.74, 6) is -3.20. The van der Waals surface area contributed by atoms with Crippen LogP contribution in [-0.4, -0.2) is 28.1 Å². The van der Waals surface area contributed by atoms with Gasteiger partial charge in [0.15, 0.2) is 0 Å². The second-order valence-electron chi connectivity index (χ2n) is 4.20. The Morgan fingerprint density at radius 2 is 1.46 bits per heavy atom. The molecule has 0 aliphatic heterocycles. The number of hydrogen-bond acceptors (Lipinski definition) is 6. The van der Waals surface area contributed by atoms with E-state index in [0.29, 0.717) is 0 Å². The Kier molecular flexibility index (Phi) is 9.41. The number of carbonyl (C=O) groups excluding carboxylic acids is 2. The smallest absolute Gasteiger partial charge is 0.545 e. The van der Waals surface area contributed by atoms with E-state index in [1.54, 1.807) is 18.2 Å². The third-order valence-corrected chi connectivity index (χ3v) is 2.50. The van der Waals surface area contributed by atoms with Gasteiger partial charge in [0.25, 0.3) is 0 Å². The zero-order valence-corrected chi connectivity index (χ0v) is 15.1. The molecular weight excluding hydrogens is 327 g/mol. The van der Waals surface area contributed by atoms with Crippen LogP contribution in [0, 0.1) is 0 Å². The molecule has 0 bridgehead atoms. The SMILES string of the molecule is CC(=O)Oc1ccccc1C(=O)O.O=C([O-])c1ccccc1O.[Na+]. The number of esters is 1. The van der Waals surface area contributed by atoms with Crippen LogP contribution in [0.1, 0.15) is 27.6 Å². The predicted molar refractivity (Wildman–Crippen MR) is 77.1 cm³/mol. The Morgan fingerprint density at radius 1 is 0.958 bits per heavy atom. The van der Waals surface area contributed by atoms with Crippen molar-refractivity contribution in [1.29, 1.82) is 0 Å². The second kappa shape index (κ2) is 10.4. The van der Waals surface area contributed by atoms with Gasteiger partial charge >= 0.3 is 41.5 Å². The average Bonchev–Trinajstić information content (AvgIpc) is 2.47. The zero-order chi connectivity index (χ0) is 17.4. The maximum Gasteiger partial charge on any atom is 1.00 e. The summed E-state index contributed by atoms with van der Waals surface area (Å²) in [5, 5.41) is 27.7. The third-order valence-electron chi connectivity index (χ3n) is 2.50. The number of hydrogen-bond donors (Lipinski definition) is 2. The molecule has 0 saturated carbocycles. The first-order valence-electron chi connectivity index (χ1n) is 6.33. The molecule has 0 spiro atoms. The number of carboxylic acid groups (broad SMARTS) is 2. The molecule has 120 valence electrons. The van der Waals surface area contributed by atoms with Crippen molar-refractivity contribution in [3.8, 4) is 11.5 Å². The van der Waals surface area contributed by atoms with Crippen molar-refractivity contribution in [3.63, 3.8) is 0 Å². The summed E-state index contributed by atoms with van der Waals surface area (Å²) >= 11 is 0. The molecule has 0 saturated heterocycles. The van der Waals surface area contributed by atoms with E-state index in [1.165, 1.54) is 37.3 Å². The molecule has 0 unspecified atom stereocenters. The second-order valence-corrected chi connectivity index (χ2v) is 4.20. The van der Waals surface area contributed by atoms with Gasteiger partial charge in [0, 0.05) is 12.5 Å². The Bertz CT molecular complexity index is 728. The standard InChI is InChI=1S/C9H8O4.C7H6O3.Na/c1-6(10)13-8-5-3-2-4-7(8)9(11)12;8-6-4-2-1-3-5(6)7(9)10;/h2-5H,1H3,(H,11,12);1-4,8H,(H,9,10);/q;;+1/p-1. The van der Waals surface area contributed by atoms with Gasteiger partial charge in [0.05, 0.1) is 5.97 Å². The van der Waals surface area contributed by atoms with Crippen LogP contribution in [0.15, 0.2) is 48.5 Å². The van der Waals surface area contributed by atoms with E-state index in [-0.39, 0.29) is 52.2 Å². The van der Waals surface area contributed by atoms with Crippen LogP contribution in [0.5, 0.6) is 11.5 Å². The van der Waals surface area contributed by atoms with E-state index < -0.39 is 17.9 Å². The molecule has 2 rings (SSSR count). The number of carboxylic acids is 2. The van der Waals surface area contributed by atoms with Crippen LogP contribution in [0.3, 0.4) is 0 Å². The fourth-order valence-electron chi connectivity index (χ4n) is 1.53. The maximum absolute atomic E-state index is 10.6. The Balaban J connectivity index is 0.000000436. The molecule has 0 fully saturated rings. The van der Waals surface area contributed by atoms with Crippen molar-refractivity contribution in [2.24, 2.45) is 0 Å². The van der Waals surface area contributed by atoms with Gasteiger partial charge in [-0.25, -0.2) is 4.79 Å². The van der Waals surface area contributed by atoms with Gasteiger partial charge in [0.2, 0.25) is 0 Å². The minimum atomic E-state index is -1.36. The summed E-state index contributed by atoms with van der Waals surface area (Å²) in [4.78, 5) is 31.3. The Hall–Kier alpha value is -2.35. The maximum atomic E-state index is 10.6. The van der Waals surface area contributed by atoms with E-state index >= 15 is 0 Å². The first-order chi connectivity index (χ1) is 10.8. The molecular formula is C16H13NaO7. The molecule has 0 aliphatic rings. The number of rotatable bonds is 3. The fraction of sp³-hybridized carbons (Fsp3) is 0.0625. The van der Waals surface area contributed by atoms with Crippen LogP contribution in [-0.2, 0) is 4.79 Å². The third kappa shape index (κ3) is 6.82. The van der Waals surface area contributed by atoms with E-state index in [0.717, 1.165) is 0 Å². The molecule has 0 atom stereocenters. The number of aromatic carboxylic acids is 2. The monoisotopic (exact) mass is 340 g/mol. The van der Waals surface area contributed by atoms with Crippen LogP contribution in [0.2, 0.25) is 0 Å². The van der Waals surface area contributed by atoms with Crippen molar-refractivity contribution < 1.29 is 64.0 Å². The van der Waals surface area contributed by atoms with E-state index in [1.807, 2.05) is 0 Å². The molecule has 0 amide bonds. The molecule has 8 heteroatoms. The summed E-state index contributed by atoms with van der Waals surface area (Å²) in [5.41, 5.74) is -0.194. The van der Waals surface area contributed by atoms with Gasteiger partial charge < -0.3 is 24.9 Å². The zero-order valence-electron chi connectivity index (χ0n) is 13.1. The Morgan fingerprint density at radius 3 is 1.88 bits per heavy atom. The molecule has 0 radical (unpaired) electrons. The molecule has 0 heterocycles. The number of carbonyl (C=O) groups is 3. The first-order valence-corrected chi connectivity index (χ1v) is 6.33. The van der Waals surface area contributed by atoms with Gasteiger partial charge in [-0.1, -0.05) is 24.3 Å². The van der Waals surface area contributed by atoms with Crippen molar-refractivity contribution in [2.75, 3.05) is 0 Å². The van der Waals surface area contributed by atoms with Gasteiger partial charge in [0.1, 0.15) is 17.1 Å². The largest absolute Gasteiger partial charge is 1.00 e. The van der Waals surface area contributed by atoms with E-state index in [2.05, 4.69) is 4.74 Å². The Labute approximate surface area is 159 Å². The van der Waals surface area contributed by atoms with Gasteiger partial charge in [-0.2, -0.15) is 0 Å². The minimum Gasteiger partial charge on any atom is -0.545 e. The number of phenols is 1. The summed E-state index contributed by atoms with van der Waals surface area (Å²) in [6, 6.07) is 11.6. The quantitative estimate of drug-likeness (QED) is 0.379. The molecule has 2 N–H and O–H groups in total. The topological polar surface area (TPSA) is 124 Å². The van der Waals surface area contributed by atoms with Crippen LogP contribution in [0.25, 0.3) is 0 Å². The summed E-state index contributed by atoms with van der Waals surface area (Å²) < 4.78 is 4.69. The van der Waals surface area contributed by atoms with Gasteiger partial charge in [-0.05, 0) is 24.3 Å². The summed E-state index contributed by atoms with van der Waals surface area (Å²) in [7, 11) is 0. The number of para-hydroxylation sites is 2. The van der Waals surface area contributed by atoms with Gasteiger partial charge in [-0.3, -0.25) is 4.79 Å². The van der Waals surface area contributed by atoms with E-state index in [9.17, 15) is 19.5 Å². The predicted octanol–water partition coefficient (Wildman–Crippen LogP) is -1.93. The fourth-order valence-corrected chi connectivity index (χ4v) is 1.53. The van der Waals surface area contributed by atoms with Crippen molar-refractivity contribution in [3.05, 3.63) is 59.7 Å². The van der Waals surface area contributed by atoms with E-state index in [4.69, 9.17) is 10.2 Å². The first kappa shape index (κ1) is 21.6. The van der Waals surface area contributed by atoms with Gasteiger partial charge in [-0.15, -0.1) is 0 Å². The van der Waals surface area contributed by atoms with Crippen LogP contribution in [0.4, 0.5) is 0 Å². The number of aromatic hydroxyl groups is 1. The molecule has 2 aromatic carbocycles. The molecule has 24 heavy (non-hydrogen) atoms. The van der Waals surface area contributed by atoms with Crippen molar-refractivity contribution in [1.82, 2.24) is 0 Å². The normalized spacial score (nSPS) is 8.88. The summed E-state index contributed by atoms with van der Waals surface area (Å²) in [6.45, 7) is 1.22. The average molecular weight is 340 g/mol. The van der Waals surface area contributed by atoms with Crippen molar-refractivity contribution >= 4 is 17.9 Å². The van der Waals surface area contributed by atoms with Crippen LogP contribution < -0.4 is 39.4 Å². The molecule has 0 aromatic heterocycles. The summed E-state index contributed by atoms with van der Waals surface area (Å²) in [6.07, 6.45) is 0. The number of ether oxygens (including phenoxy) is 1. The van der Waals surface area contributed by atoms with Crippen LogP contribution >= 0.6 is 0 Å². The van der Waals surface area contributed by atoms with Crippen molar-refractivity contribution in [2.45, 2.75) is 6.92 Å². The minimum absolute atomic E-state index is 0. The molecule has 2 aromatic rings. The number of benzene rings is 2. The molecule has 7 nitrogen and oxygen atoms in total.